The van der Waals surface area contributed by atoms with Gasteiger partial charge in [0.15, 0.2) is 0 Å². The highest BCUT2D eigenvalue weighted by Crippen LogP contribution is 2.27. The van der Waals surface area contributed by atoms with Gasteiger partial charge in [-0.15, -0.1) is 0 Å². The quantitative estimate of drug-likeness (QED) is 0.829. The molecule has 1 aliphatic carbocycles. The van der Waals surface area contributed by atoms with E-state index in [9.17, 15) is 5.11 Å². The van der Waals surface area contributed by atoms with Crippen LogP contribution in [0.3, 0.4) is 0 Å². The summed E-state index contributed by atoms with van der Waals surface area (Å²) in [7, 11) is 1.69. The molecular weight excluding hydrogens is 304 g/mol. The van der Waals surface area contributed by atoms with Crippen molar-refractivity contribution in [1.29, 1.82) is 0 Å². The number of hydrogen-bond donors (Lipinski definition) is 1. The Kier molecular flexibility index (Phi) is 6.72. The number of aliphatic hydroxyl groups is 1. The number of rotatable bonds is 7. The number of furan rings is 1. The van der Waals surface area contributed by atoms with Crippen LogP contribution >= 0.6 is 0 Å². The van der Waals surface area contributed by atoms with Gasteiger partial charge in [-0.25, -0.2) is 0 Å². The first kappa shape index (κ1) is 17.9. The first-order valence-electron chi connectivity index (χ1n) is 9.45. The molecule has 24 heavy (non-hydrogen) atoms. The molecule has 0 aromatic carbocycles. The summed E-state index contributed by atoms with van der Waals surface area (Å²) in [5, 5.41) is 9.50. The van der Waals surface area contributed by atoms with Gasteiger partial charge in [0.1, 0.15) is 18.1 Å². The summed E-state index contributed by atoms with van der Waals surface area (Å²) in [5.74, 6) is 1.90. The molecule has 2 fully saturated rings. The molecule has 5 heteroatoms. The zero-order valence-electron chi connectivity index (χ0n) is 15.0. The molecule has 1 aromatic heterocycles. The molecule has 1 unspecified atom stereocenters. The van der Waals surface area contributed by atoms with Crippen molar-refractivity contribution in [3.8, 4) is 0 Å². The molecule has 1 aromatic rings. The number of piperazine rings is 1. The van der Waals surface area contributed by atoms with Crippen molar-refractivity contribution < 1.29 is 14.3 Å². The molecule has 0 radical (unpaired) electrons. The van der Waals surface area contributed by atoms with Gasteiger partial charge in [-0.1, -0.05) is 19.3 Å². The van der Waals surface area contributed by atoms with Gasteiger partial charge in [0.05, 0.1) is 6.54 Å². The topological polar surface area (TPSA) is 49.1 Å². The largest absolute Gasteiger partial charge is 0.462 e. The Morgan fingerprint density at radius 2 is 1.96 bits per heavy atom. The highest BCUT2D eigenvalue weighted by atomic mass is 16.5. The van der Waals surface area contributed by atoms with E-state index in [0.717, 1.165) is 50.2 Å². The second-order valence-electron chi connectivity index (χ2n) is 7.23. The van der Waals surface area contributed by atoms with Gasteiger partial charge < -0.3 is 14.3 Å². The number of hydrogen-bond acceptors (Lipinski definition) is 5. The molecule has 0 bridgehead atoms. The van der Waals surface area contributed by atoms with E-state index in [0.29, 0.717) is 12.6 Å². The predicted octanol–water partition coefficient (Wildman–Crippen LogP) is 2.63. The summed E-state index contributed by atoms with van der Waals surface area (Å²) in [6.45, 7) is 4.88. The number of aliphatic hydroxyl groups excluding tert-OH is 1. The molecule has 1 saturated heterocycles. The van der Waals surface area contributed by atoms with Gasteiger partial charge in [0.2, 0.25) is 0 Å². The minimum absolute atomic E-state index is 0.278. The van der Waals surface area contributed by atoms with E-state index in [4.69, 9.17) is 9.15 Å². The van der Waals surface area contributed by atoms with Crippen molar-refractivity contribution in [1.82, 2.24) is 9.80 Å². The summed E-state index contributed by atoms with van der Waals surface area (Å²) in [4.78, 5) is 5.15. The van der Waals surface area contributed by atoms with Gasteiger partial charge >= 0.3 is 0 Å². The minimum atomic E-state index is 0.278. The summed E-state index contributed by atoms with van der Waals surface area (Å²) in [5.41, 5.74) is 0. The fourth-order valence-corrected chi connectivity index (χ4v) is 4.32. The van der Waals surface area contributed by atoms with Gasteiger partial charge in [-0.05, 0) is 31.4 Å². The fraction of sp³-hybridized carbons (Fsp3) is 0.789. The van der Waals surface area contributed by atoms with Crippen LogP contribution in [0.25, 0.3) is 0 Å². The predicted molar refractivity (Wildman–Crippen MR) is 93.8 cm³/mol. The Morgan fingerprint density at radius 3 is 2.71 bits per heavy atom. The van der Waals surface area contributed by atoms with E-state index < -0.39 is 0 Å². The number of ether oxygens (including phenoxy) is 1. The van der Waals surface area contributed by atoms with Crippen molar-refractivity contribution in [2.24, 2.45) is 0 Å². The third-order valence-electron chi connectivity index (χ3n) is 5.50. The lowest BCUT2D eigenvalue weighted by atomic mass is 9.92. The van der Waals surface area contributed by atoms with Crippen LogP contribution in [0.1, 0.15) is 50.0 Å². The number of nitrogens with zero attached hydrogens (tertiary/aromatic N) is 2. The fourth-order valence-electron chi connectivity index (χ4n) is 4.32. The summed E-state index contributed by atoms with van der Waals surface area (Å²) in [6, 6.07) is 5.26. The van der Waals surface area contributed by atoms with E-state index in [1.54, 1.807) is 7.11 Å². The summed E-state index contributed by atoms with van der Waals surface area (Å²) in [6.07, 6.45) is 7.67. The molecule has 1 N–H and O–H groups in total. The first-order chi connectivity index (χ1) is 11.8. The first-order valence-corrected chi connectivity index (χ1v) is 9.45. The van der Waals surface area contributed by atoms with E-state index in [1.165, 1.54) is 32.1 Å². The van der Waals surface area contributed by atoms with Crippen LogP contribution in [0.2, 0.25) is 0 Å². The van der Waals surface area contributed by atoms with Crippen LogP contribution in [0.15, 0.2) is 16.5 Å². The standard InChI is InChI=1S/C19H32N2O3/c1-23-15-19-8-7-18(24-19)14-20-10-11-21(17(13-20)9-12-22)16-5-3-2-4-6-16/h7-8,16-17,22H,2-6,9-15H2,1H3. The molecule has 136 valence electrons. The second-order valence-corrected chi connectivity index (χ2v) is 7.23. The lowest BCUT2D eigenvalue weighted by molar-refractivity contribution is 0.0113. The zero-order valence-corrected chi connectivity index (χ0v) is 15.0. The molecular formula is C19H32N2O3. The van der Waals surface area contributed by atoms with E-state index in [-0.39, 0.29) is 6.61 Å². The lowest BCUT2D eigenvalue weighted by Crippen LogP contribution is -2.56. The van der Waals surface area contributed by atoms with Crippen LogP contribution in [0, 0.1) is 0 Å². The highest BCUT2D eigenvalue weighted by molar-refractivity contribution is 5.06. The van der Waals surface area contributed by atoms with Crippen LogP contribution in [0.4, 0.5) is 0 Å². The van der Waals surface area contributed by atoms with Crippen molar-refractivity contribution in [2.45, 2.75) is 63.8 Å². The molecule has 0 spiro atoms. The summed E-state index contributed by atoms with van der Waals surface area (Å²) >= 11 is 0. The van der Waals surface area contributed by atoms with Gasteiger partial charge in [0.25, 0.3) is 0 Å². The maximum absolute atomic E-state index is 9.50. The van der Waals surface area contributed by atoms with Crippen LogP contribution in [-0.4, -0.2) is 60.3 Å². The number of methoxy groups -OCH3 is 1. The van der Waals surface area contributed by atoms with Gasteiger partial charge in [-0.2, -0.15) is 0 Å². The van der Waals surface area contributed by atoms with Crippen molar-refractivity contribution in [2.75, 3.05) is 33.4 Å². The average Bonchev–Trinajstić information content (AvgIpc) is 3.04. The lowest BCUT2D eigenvalue weighted by Gasteiger charge is -2.46. The second kappa shape index (κ2) is 8.99. The Morgan fingerprint density at radius 1 is 1.17 bits per heavy atom. The Hall–Kier alpha value is -0.880. The molecule has 1 saturated carbocycles. The van der Waals surface area contributed by atoms with Crippen molar-refractivity contribution >= 4 is 0 Å². The third-order valence-corrected chi connectivity index (χ3v) is 5.50. The molecule has 0 amide bonds. The Balaban J connectivity index is 1.57. The zero-order chi connectivity index (χ0) is 16.8. The van der Waals surface area contributed by atoms with Crippen LogP contribution in [-0.2, 0) is 17.9 Å². The Bertz CT molecular complexity index is 485. The molecule has 5 nitrogen and oxygen atoms in total. The van der Waals surface area contributed by atoms with Crippen molar-refractivity contribution in [3.63, 3.8) is 0 Å². The van der Waals surface area contributed by atoms with E-state index >= 15 is 0 Å². The monoisotopic (exact) mass is 336 g/mol. The average molecular weight is 336 g/mol. The molecule has 1 aliphatic heterocycles. The van der Waals surface area contributed by atoms with Gasteiger partial charge in [-0.3, -0.25) is 9.80 Å². The maximum Gasteiger partial charge on any atom is 0.129 e. The molecule has 2 aliphatic rings. The van der Waals surface area contributed by atoms with Crippen LogP contribution in [0.5, 0.6) is 0 Å². The molecule has 1 atom stereocenters. The summed E-state index contributed by atoms with van der Waals surface area (Å²) < 4.78 is 11.0. The SMILES string of the molecule is COCc1ccc(CN2CCN(C3CCCCC3)C(CCO)C2)o1. The normalized spacial score (nSPS) is 24.5. The van der Waals surface area contributed by atoms with Crippen molar-refractivity contribution in [3.05, 3.63) is 23.7 Å². The van der Waals surface area contributed by atoms with Crippen LogP contribution < -0.4 is 0 Å². The maximum atomic E-state index is 9.50. The van der Waals surface area contributed by atoms with Gasteiger partial charge in [0, 0.05) is 45.4 Å². The van der Waals surface area contributed by atoms with E-state index in [1.807, 2.05) is 6.07 Å². The molecule has 2 heterocycles. The molecule has 3 rings (SSSR count). The third kappa shape index (κ3) is 4.60. The smallest absolute Gasteiger partial charge is 0.129 e. The highest BCUT2D eigenvalue weighted by Gasteiger charge is 2.32. The minimum Gasteiger partial charge on any atom is -0.462 e. The van der Waals surface area contributed by atoms with E-state index in [2.05, 4.69) is 15.9 Å². The Labute approximate surface area is 145 Å².